The molecule has 0 bridgehead atoms. The van der Waals surface area contributed by atoms with Gasteiger partial charge in [0.2, 0.25) is 0 Å². The van der Waals surface area contributed by atoms with Crippen LogP contribution in [-0.2, 0) is 11.8 Å². The third-order valence-corrected chi connectivity index (χ3v) is 3.05. The minimum Gasteiger partial charge on any atom is -0.493 e. The lowest BCUT2D eigenvalue weighted by Gasteiger charge is -2.35. The van der Waals surface area contributed by atoms with Crippen molar-refractivity contribution in [3.63, 3.8) is 0 Å². The molecule has 0 fully saturated rings. The molecule has 1 aromatic heterocycles. The van der Waals surface area contributed by atoms with Gasteiger partial charge in [0.1, 0.15) is 5.69 Å². The van der Waals surface area contributed by atoms with Crippen LogP contribution >= 0.6 is 0 Å². The number of hydrazine groups is 1. The van der Waals surface area contributed by atoms with Gasteiger partial charge in [0.15, 0.2) is 5.75 Å². The van der Waals surface area contributed by atoms with Gasteiger partial charge in [-0.2, -0.15) is 5.10 Å². The Balaban J connectivity index is 3.19. The van der Waals surface area contributed by atoms with Crippen molar-refractivity contribution in [1.29, 1.82) is 0 Å². The lowest BCUT2D eigenvalue weighted by Crippen LogP contribution is -2.45. The van der Waals surface area contributed by atoms with Crippen LogP contribution in [0, 0.1) is 5.41 Å². The van der Waals surface area contributed by atoms with Gasteiger partial charge in [-0.15, -0.1) is 0 Å². The zero-order chi connectivity index (χ0) is 13.9. The van der Waals surface area contributed by atoms with Crippen molar-refractivity contribution in [2.75, 3.05) is 14.2 Å². The quantitative estimate of drug-likeness (QED) is 0.607. The van der Waals surface area contributed by atoms with E-state index in [1.807, 2.05) is 7.05 Å². The second-order valence-electron chi connectivity index (χ2n) is 5.39. The molecular formula is C12H24N4O2. The van der Waals surface area contributed by atoms with Gasteiger partial charge < -0.3 is 9.47 Å². The van der Waals surface area contributed by atoms with Gasteiger partial charge in [-0.3, -0.25) is 10.5 Å². The van der Waals surface area contributed by atoms with Gasteiger partial charge in [0.25, 0.3) is 0 Å². The van der Waals surface area contributed by atoms with Gasteiger partial charge in [-0.25, -0.2) is 5.43 Å². The third kappa shape index (κ3) is 2.82. The lowest BCUT2D eigenvalue weighted by atomic mass is 9.83. The number of nitrogens with zero attached hydrogens (tertiary/aromatic N) is 2. The maximum absolute atomic E-state index is 5.70. The average Bonchev–Trinajstić information content (AvgIpc) is 2.65. The van der Waals surface area contributed by atoms with E-state index >= 15 is 0 Å². The normalized spacial score (nSPS) is 15.5. The molecule has 2 unspecified atom stereocenters. The van der Waals surface area contributed by atoms with Crippen LogP contribution in [0.2, 0.25) is 0 Å². The van der Waals surface area contributed by atoms with Crippen LogP contribution in [0.5, 0.6) is 5.75 Å². The Morgan fingerprint density at radius 1 is 1.39 bits per heavy atom. The Labute approximate surface area is 108 Å². The summed E-state index contributed by atoms with van der Waals surface area (Å²) in [7, 11) is 5.16. The topological polar surface area (TPSA) is 74.3 Å². The molecule has 18 heavy (non-hydrogen) atoms. The number of hydrogen-bond donors (Lipinski definition) is 2. The Morgan fingerprint density at radius 3 is 2.39 bits per heavy atom. The summed E-state index contributed by atoms with van der Waals surface area (Å²) in [5.74, 6) is 6.40. The fourth-order valence-electron chi connectivity index (χ4n) is 2.24. The lowest BCUT2D eigenvalue weighted by molar-refractivity contribution is -0.0144. The van der Waals surface area contributed by atoms with Crippen molar-refractivity contribution < 1.29 is 9.47 Å². The fourth-order valence-corrected chi connectivity index (χ4v) is 2.24. The van der Waals surface area contributed by atoms with Crippen molar-refractivity contribution in [2.24, 2.45) is 18.3 Å². The van der Waals surface area contributed by atoms with Crippen LogP contribution in [0.4, 0.5) is 0 Å². The molecule has 1 aromatic rings. The number of aryl methyl sites for hydroxylation is 1. The fraction of sp³-hybridized carbons (Fsp3) is 0.750. The SMILES string of the molecule is COc1cnn(C)c1C(NN)C(OC)C(C)(C)C. The first-order valence-corrected chi connectivity index (χ1v) is 5.91. The highest BCUT2D eigenvalue weighted by Crippen LogP contribution is 2.35. The first-order chi connectivity index (χ1) is 8.36. The molecule has 0 aromatic carbocycles. The van der Waals surface area contributed by atoms with Crippen LogP contribution in [-0.4, -0.2) is 30.1 Å². The second-order valence-corrected chi connectivity index (χ2v) is 5.39. The van der Waals surface area contributed by atoms with E-state index < -0.39 is 0 Å². The van der Waals surface area contributed by atoms with E-state index in [1.165, 1.54) is 0 Å². The molecule has 0 radical (unpaired) electrons. The predicted molar refractivity (Wildman–Crippen MR) is 70.1 cm³/mol. The second kappa shape index (κ2) is 5.69. The Kier molecular flexibility index (Phi) is 4.72. The molecule has 0 aliphatic carbocycles. The number of nitrogens with two attached hydrogens (primary N) is 1. The van der Waals surface area contributed by atoms with E-state index in [9.17, 15) is 0 Å². The predicted octanol–water partition coefficient (Wildman–Crippen LogP) is 0.994. The van der Waals surface area contributed by atoms with Gasteiger partial charge >= 0.3 is 0 Å². The number of rotatable bonds is 5. The van der Waals surface area contributed by atoms with E-state index in [0.717, 1.165) is 5.69 Å². The summed E-state index contributed by atoms with van der Waals surface area (Å²) in [6.07, 6.45) is 1.57. The molecule has 2 atom stereocenters. The summed E-state index contributed by atoms with van der Waals surface area (Å²) >= 11 is 0. The van der Waals surface area contributed by atoms with Crippen LogP contribution in [0.1, 0.15) is 32.5 Å². The van der Waals surface area contributed by atoms with Gasteiger partial charge in [0.05, 0.1) is 25.5 Å². The summed E-state index contributed by atoms with van der Waals surface area (Å²) in [6, 6.07) is -0.197. The molecule has 0 aliphatic rings. The number of nitrogens with one attached hydrogen (secondary N) is 1. The number of methoxy groups -OCH3 is 2. The molecule has 1 rings (SSSR count). The van der Waals surface area contributed by atoms with Gasteiger partial charge in [0, 0.05) is 14.2 Å². The molecule has 0 aliphatic heterocycles. The summed E-state index contributed by atoms with van der Waals surface area (Å²) in [4.78, 5) is 0. The smallest absolute Gasteiger partial charge is 0.161 e. The first kappa shape index (κ1) is 14.9. The van der Waals surface area contributed by atoms with Gasteiger partial charge in [-0.1, -0.05) is 20.8 Å². The number of aromatic nitrogens is 2. The Hall–Kier alpha value is -1.11. The molecule has 1 heterocycles. The maximum atomic E-state index is 5.70. The zero-order valence-corrected chi connectivity index (χ0v) is 12.0. The largest absolute Gasteiger partial charge is 0.493 e. The summed E-state index contributed by atoms with van der Waals surface area (Å²) in [5.41, 5.74) is 3.62. The molecular weight excluding hydrogens is 232 g/mol. The standard InChI is InChI=1S/C12H24N4O2/c1-12(2,3)11(18-6)9(15-13)10-8(17-5)7-14-16(10)4/h7,9,11,15H,13H2,1-6H3. The van der Waals surface area contributed by atoms with Crippen LogP contribution < -0.4 is 16.0 Å². The Bertz CT molecular complexity index is 384. The highest BCUT2D eigenvalue weighted by atomic mass is 16.5. The van der Waals surface area contributed by atoms with Crippen molar-refractivity contribution in [2.45, 2.75) is 32.9 Å². The molecule has 6 heteroatoms. The molecule has 0 amide bonds. The molecule has 3 N–H and O–H groups in total. The number of hydrogen-bond acceptors (Lipinski definition) is 5. The van der Waals surface area contributed by atoms with Crippen LogP contribution in [0.3, 0.4) is 0 Å². The van der Waals surface area contributed by atoms with E-state index in [1.54, 1.807) is 25.1 Å². The Morgan fingerprint density at radius 2 is 2.00 bits per heavy atom. The summed E-state index contributed by atoms with van der Waals surface area (Å²) < 4.78 is 12.7. The highest BCUT2D eigenvalue weighted by molar-refractivity contribution is 5.29. The number of ether oxygens (including phenoxy) is 2. The third-order valence-electron chi connectivity index (χ3n) is 3.05. The molecule has 0 spiro atoms. The van der Waals surface area contributed by atoms with E-state index in [-0.39, 0.29) is 17.6 Å². The average molecular weight is 256 g/mol. The molecule has 104 valence electrons. The van der Waals surface area contributed by atoms with Gasteiger partial charge in [-0.05, 0) is 5.41 Å². The first-order valence-electron chi connectivity index (χ1n) is 5.91. The molecule has 0 saturated heterocycles. The highest BCUT2D eigenvalue weighted by Gasteiger charge is 2.36. The zero-order valence-electron chi connectivity index (χ0n) is 12.0. The van der Waals surface area contributed by atoms with E-state index in [0.29, 0.717) is 5.75 Å². The van der Waals surface area contributed by atoms with Crippen molar-refractivity contribution in [1.82, 2.24) is 15.2 Å². The minimum atomic E-state index is -0.197. The summed E-state index contributed by atoms with van der Waals surface area (Å²) in [5, 5.41) is 4.20. The van der Waals surface area contributed by atoms with E-state index in [2.05, 4.69) is 31.3 Å². The van der Waals surface area contributed by atoms with Crippen molar-refractivity contribution in [3.8, 4) is 5.75 Å². The van der Waals surface area contributed by atoms with Crippen molar-refractivity contribution in [3.05, 3.63) is 11.9 Å². The molecule has 6 nitrogen and oxygen atoms in total. The van der Waals surface area contributed by atoms with E-state index in [4.69, 9.17) is 15.3 Å². The van der Waals surface area contributed by atoms with Crippen molar-refractivity contribution >= 4 is 0 Å². The maximum Gasteiger partial charge on any atom is 0.161 e. The monoisotopic (exact) mass is 256 g/mol. The minimum absolute atomic E-state index is 0.0684. The van der Waals surface area contributed by atoms with Crippen LogP contribution in [0.15, 0.2) is 6.20 Å². The summed E-state index contributed by atoms with van der Waals surface area (Å²) in [6.45, 7) is 6.32. The molecule has 0 saturated carbocycles. The van der Waals surface area contributed by atoms with Crippen LogP contribution in [0.25, 0.3) is 0 Å².